The molecule has 9 heterocycles. The molecule has 14 bridgehead atoms. The van der Waals surface area contributed by atoms with E-state index in [4.69, 9.17) is 14.2 Å². The number of ether oxygens (including phenoxy) is 3. The van der Waals surface area contributed by atoms with Crippen LogP contribution in [0.15, 0.2) is 113 Å². The molecule has 6 saturated carbocycles. The zero-order chi connectivity index (χ0) is 68.2. The number of fused-ring (bicyclic) bond motifs is 5. The van der Waals surface area contributed by atoms with Crippen LogP contribution in [0.4, 0.5) is 5.69 Å². The number of aromatic hydroxyl groups is 1. The molecular weight excluding hydrogens is 1290 g/mol. The van der Waals surface area contributed by atoms with Crippen LogP contribution in [0.25, 0.3) is 0 Å². The second-order valence-corrected chi connectivity index (χ2v) is 38.9. The fourth-order valence-electron chi connectivity index (χ4n) is 29.5. The molecule has 1 amide bonds. The Balaban J connectivity index is 0.800. The van der Waals surface area contributed by atoms with Crippen LogP contribution >= 0.6 is 21.6 Å². The smallest absolute Gasteiger partial charge is 0.235 e. The van der Waals surface area contributed by atoms with Gasteiger partial charge in [0.2, 0.25) is 5.91 Å². The molecular formula is C81H100N2O14S2. The maximum Gasteiger partial charge on any atom is 0.235 e. The first-order chi connectivity index (χ1) is 47.4. The summed E-state index contributed by atoms with van der Waals surface area (Å²) in [5, 5.41) is 124. The molecule has 22 rings (SSSR count). The number of nitrogens with zero attached hydrogens (tertiary/aromatic N) is 1. The van der Waals surface area contributed by atoms with Gasteiger partial charge in [0.15, 0.2) is 5.78 Å². The summed E-state index contributed by atoms with van der Waals surface area (Å²) in [7, 11) is 2.53. The number of epoxide rings is 1. The Labute approximate surface area is 588 Å². The zero-order valence-corrected chi connectivity index (χ0v) is 59.2. The Kier molecular flexibility index (Phi) is 13.5. The lowest BCUT2D eigenvalue weighted by atomic mass is 9.33. The number of allylic oxidation sites excluding steroid dienone is 5. The third-order valence-electron chi connectivity index (χ3n) is 33.5. The lowest BCUT2D eigenvalue weighted by molar-refractivity contribution is -0.301. The molecule has 16 nitrogen and oxygen atoms in total. The molecule has 10 N–H and O–H groups in total. The number of hydrogen-bond acceptors (Lipinski definition) is 17. The summed E-state index contributed by atoms with van der Waals surface area (Å²) in [6.45, 7) is 7.89. The number of carbonyl (C=O) groups excluding carboxylic acids is 2. The topological polar surface area (TPSA) is 262 Å². The predicted molar refractivity (Wildman–Crippen MR) is 373 cm³/mol. The first kappa shape index (κ1) is 64.9. The van der Waals surface area contributed by atoms with Crippen LogP contribution in [0.2, 0.25) is 0 Å². The predicted octanol–water partition coefficient (Wildman–Crippen LogP) is 8.59. The van der Waals surface area contributed by atoms with E-state index in [0.717, 1.165) is 54.9 Å². The Bertz CT molecular complexity index is 4000. The number of aryl methyl sites for hydroxylation is 1. The van der Waals surface area contributed by atoms with Crippen molar-refractivity contribution in [3.05, 3.63) is 119 Å². The van der Waals surface area contributed by atoms with Crippen molar-refractivity contribution in [3.8, 4) is 5.75 Å². The molecule has 29 atom stereocenters. The average molecular weight is 1390 g/mol. The van der Waals surface area contributed by atoms with Crippen LogP contribution in [0.5, 0.6) is 5.75 Å². The largest absolute Gasteiger partial charge is 0.508 e. The van der Waals surface area contributed by atoms with Crippen LogP contribution in [0.1, 0.15) is 136 Å². The third-order valence-corrected chi connectivity index (χ3v) is 36.1. The number of aliphatic hydroxyl groups is 8. The van der Waals surface area contributed by atoms with E-state index in [0.29, 0.717) is 67.9 Å². The number of ketones is 1. The molecule has 0 aromatic heterocycles. The van der Waals surface area contributed by atoms with Crippen LogP contribution in [-0.2, 0) is 30.2 Å². The summed E-state index contributed by atoms with van der Waals surface area (Å²) in [4.78, 5) is 36.4. The number of piperidine rings is 1. The monoisotopic (exact) mass is 1390 g/mol. The molecule has 18 heteroatoms. The van der Waals surface area contributed by atoms with Gasteiger partial charge in [-0.1, -0.05) is 129 Å². The van der Waals surface area contributed by atoms with Gasteiger partial charge in [-0.2, -0.15) is 0 Å². The first-order valence-electron chi connectivity index (χ1n) is 38.1. The lowest BCUT2D eigenvalue weighted by Gasteiger charge is -2.73. The van der Waals surface area contributed by atoms with Crippen molar-refractivity contribution >= 4 is 39.0 Å². The van der Waals surface area contributed by atoms with Crippen molar-refractivity contribution < 1.29 is 69.8 Å². The minimum Gasteiger partial charge on any atom is -0.508 e. The van der Waals surface area contributed by atoms with Gasteiger partial charge in [0.1, 0.15) is 28.5 Å². The van der Waals surface area contributed by atoms with Gasteiger partial charge < -0.3 is 70.4 Å². The Hall–Kier alpha value is -3.70. The van der Waals surface area contributed by atoms with E-state index in [1.165, 1.54) is 21.9 Å². The molecule has 0 radical (unpaired) electrons. The highest BCUT2D eigenvalue weighted by Gasteiger charge is 2.90. The number of anilines is 1. The van der Waals surface area contributed by atoms with Gasteiger partial charge in [-0.15, -0.1) is 0 Å². The number of benzene rings is 1. The second-order valence-electron chi connectivity index (χ2n) is 36.4. The SMILES string of the molecule is CC(C)[C@@H](C)[C@@H]1O[C@H]1[C@@]1(O)CC=C[C@]23C[C@H]4C5=CC(=O)[C@@]6(C[C@@H](O)[C@](O)(CO)C[C@]46C)[C@@H](O)SSC[C@H]4C[C@H]6C=CC7=C[C@@H]8C[C@H]9[C@]%10%11C[C@@H]%12C=C%13C=CCO[C@@H]%13C[C@@H]%12[C@@]%12(CCCC[C@@H]%12C=C%10C=C[C@]9(O)[C@@]89CN(C(=O)[C@@]49[C@@]7(CO)C6)c4cc(O)cc(c4)CC[C@]24[C@@H]1CC[C@@]54OC[C@H]3O)N%11. The number of carbonyl (C=O) groups is 2. The number of phenolic OH excluding ortho intramolecular Hbond substituents is 1. The normalized spacial score (nSPS) is 54.9. The van der Waals surface area contributed by atoms with Crippen molar-refractivity contribution in [3.63, 3.8) is 0 Å². The number of hydrogen-bond donors (Lipinski definition) is 10. The molecule has 21 aliphatic rings. The Morgan fingerprint density at radius 1 is 0.828 bits per heavy atom. The number of aliphatic hydroxyl groups excluding tert-OH is 5. The van der Waals surface area contributed by atoms with Crippen molar-refractivity contribution in [2.45, 2.75) is 206 Å². The van der Waals surface area contributed by atoms with Gasteiger partial charge in [-0.3, -0.25) is 9.59 Å². The van der Waals surface area contributed by atoms with E-state index in [2.05, 4.69) is 86.8 Å². The van der Waals surface area contributed by atoms with Gasteiger partial charge in [0.05, 0.1) is 78.4 Å². The number of phenols is 1. The number of amides is 1. The average Bonchev–Trinajstić information content (AvgIpc) is 1.40. The fraction of sp³-hybridized carbons (Fsp3) is 0.704. The maximum atomic E-state index is 18.0. The van der Waals surface area contributed by atoms with Gasteiger partial charge >= 0.3 is 0 Å². The molecule has 0 unspecified atom stereocenters. The quantitative estimate of drug-likeness (QED) is 0.0752. The number of nitrogens with one attached hydrogen (secondary N) is 1. The van der Waals surface area contributed by atoms with Crippen LogP contribution in [0.3, 0.4) is 0 Å². The lowest BCUT2D eigenvalue weighted by Crippen LogP contribution is -2.79. The van der Waals surface area contributed by atoms with Crippen molar-refractivity contribution in [1.29, 1.82) is 0 Å². The highest BCUT2D eigenvalue weighted by atomic mass is 33.1. The van der Waals surface area contributed by atoms with E-state index in [1.54, 1.807) is 18.2 Å². The van der Waals surface area contributed by atoms with Crippen LogP contribution < -0.4 is 10.2 Å². The maximum absolute atomic E-state index is 18.0. The molecule has 4 saturated heterocycles. The third kappa shape index (κ3) is 7.23. The van der Waals surface area contributed by atoms with Crippen LogP contribution in [-0.4, -0.2) is 166 Å². The van der Waals surface area contributed by atoms with E-state index in [1.807, 2.05) is 24.0 Å². The molecule has 10 fully saturated rings. The van der Waals surface area contributed by atoms with Gasteiger partial charge in [0, 0.05) is 63.1 Å². The Morgan fingerprint density at radius 2 is 1.67 bits per heavy atom. The van der Waals surface area contributed by atoms with Crippen molar-refractivity contribution in [2.75, 3.05) is 43.6 Å². The number of rotatable bonds is 5. The first-order valence-corrected chi connectivity index (χ1v) is 40.4. The molecule has 6 spiro atoms. The zero-order valence-electron chi connectivity index (χ0n) is 57.6. The summed E-state index contributed by atoms with van der Waals surface area (Å²) in [6, 6.07) is 5.50. The summed E-state index contributed by atoms with van der Waals surface area (Å²) >= 11 is 0. The molecule has 99 heavy (non-hydrogen) atoms. The van der Waals surface area contributed by atoms with Crippen LogP contribution in [0, 0.1) is 103 Å². The van der Waals surface area contributed by atoms with Crippen molar-refractivity contribution in [2.24, 2.45) is 103 Å². The van der Waals surface area contributed by atoms with E-state index in [9.17, 15) is 40.9 Å². The minimum atomic E-state index is -2.09. The fourth-order valence-corrected chi connectivity index (χ4v) is 32.5. The highest BCUT2D eigenvalue weighted by molar-refractivity contribution is 8.76. The molecule has 9 aliphatic heterocycles. The molecule has 1 aromatic rings. The van der Waals surface area contributed by atoms with E-state index in [-0.39, 0.29) is 123 Å². The summed E-state index contributed by atoms with van der Waals surface area (Å²) in [6.07, 6.45) is 31.7. The summed E-state index contributed by atoms with van der Waals surface area (Å²) in [5.41, 5.74) is -13.3. The molecule has 12 aliphatic carbocycles. The van der Waals surface area contributed by atoms with Gasteiger partial charge in [-0.25, -0.2) is 0 Å². The standard InChI is InChI=1S/C81H100N2O14S2/c1-43(2)44(3)65-66(97-65)76(93)18-8-16-70-35-58-57-32-62(87)73(36-63(88)72(92,42-85)39-69(58,73)4)68(91)99-98-38-53-23-46-11-12-49-27-52-29-61-75-34-48-26-47-9-7-22-95-59(47)31-56(48)74(82-75)17-6-5-10-50(74)28-51(75)14-20-79(61,94)78(52)40-83(67(90)81(53,78)71(49,33-46)41-84)54-24-45(25-55(86)30-54)13-19-77(70)60(76)15-21-80(57,77)96-37-64(70)89/h7-9,11-12,14,16,20,24-28,30,32,43-44,46,48,50,52-53,56,58-61,63-66,68,82,84-86,88-89,91-94H,5-6,10,13,15,17-19,21-23,29,31,33-42H2,1-4H3/t44-,46-,48+,50-,52-,53-,56+,58+,59-,60-,61+,63-,64-,65+,66-,68+,69-,70-,71-,72-,73+,74+,75+,76-,77+,78-,79-,80-,81-/m1/s1. The minimum absolute atomic E-state index is 0.0289. The van der Waals surface area contributed by atoms with E-state index >= 15 is 14.7 Å². The van der Waals surface area contributed by atoms with Crippen molar-refractivity contribution in [1.82, 2.24) is 5.32 Å². The summed E-state index contributed by atoms with van der Waals surface area (Å²) in [5.74, 6) is -1.94. The molecule has 530 valence electrons. The summed E-state index contributed by atoms with van der Waals surface area (Å²) < 4.78 is 20.8. The van der Waals surface area contributed by atoms with Gasteiger partial charge in [-0.05, 0) is 201 Å². The molecule has 1 aromatic carbocycles. The highest BCUT2D eigenvalue weighted by Crippen LogP contribution is 2.85. The van der Waals surface area contributed by atoms with E-state index < -0.39 is 126 Å². The van der Waals surface area contributed by atoms with Gasteiger partial charge in [0.25, 0.3) is 0 Å². The Morgan fingerprint density at radius 3 is 2.48 bits per heavy atom. The second kappa shape index (κ2) is 20.7.